The number of rotatable bonds is 7. The lowest BCUT2D eigenvalue weighted by Crippen LogP contribution is -2.22. The molecule has 0 atom stereocenters. The number of amides is 1. The molecule has 0 spiro atoms. The van der Waals surface area contributed by atoms with E-state index in [1.165, 1.54) is 5.56 Å². The van der Waals surface area contributed by atoms with Gasteiger partial charge in [0.2, 0.25) is 5.88 Å². The minimum Gasteiger partial charge on any atom is -0.474 e. The topological polar surface area (TPSA) is 90.1 Å². The van der Waals surface area contributed by atoms with E-state index in [0.29, 0.717) is 11.6 Å². The van der Waals surface area contributed by atoms with Crippen LogP contribution in [-0.4, -0.2) is 22.0 Å². The van der Waals surface area contributed by atoms with Gasteiger partial charge < -0.3 is 15.8 Å². The molecule has 0 unspecified atom stereocenters. The van der Waals surface area contributed by atoms with Gasteiger partial charge in [-0.25, -0.2) is 4.98 Å². The third kappa shape index (κ3) is 4.31. The highest BCUT2D eigenvalue weighted by atomic mass is 16.5. The summed E-state index contributed by atoms with van der Waals surface area (Å²) in [6.45, 7) is 11.9. The Bertz CT molecular complexity index is 791. The largest absolute Gasteiger partial charge is 0.474 e. The number of carbonyl (C=O) groups is 1. The first-order chi connectivity index (χ1) is 12.3. The second kappa shape index (κ2) is 8.17. The summed E-state index contributed by atoms with van der Waals surface area (Å²) in [4.78, 5) is 20.9. The van der Waals surface area contributed by atoms with Gasteiger partial charge in [0, 0.05) is 5.69 Å². The number of ether oxygens (including phenoxy) is 1. The van der Waals surface area contributed by atoms with Gasteiger partial charge in [0.15, 0.2) is 5.82 Å². The maximum Gasteiger partial charge on any atom is 0.258 e. The van der Waals surface area contributed by atoms with Crippen molar-refractivity contribution < 1.29 is 9.53 Å². The number of anilines is 2. The lowest BCUT2D eigenvalue weighted by Gasteiger charge is -2.20. The average molecular weight is 356 g/mol. The van der Waals surface area contributed by atoms with Crippen molar-refractivity contribution in [2.45, 2.75) is 60.5 Å². The van der Waals surface area contributed by atoms with Crippen molar-refractivity contribution in [3.63, 3.8) is 0 Å². The molecule has 1 aromatic carbocycles. The summed E-state index contributed by atoms with van der Waals surface area (Å²) >= 11 is 0. The van der Waals surface area contributed by atoms with Crippen molar-refractivity contribution in [3.8, 4) is 5.88 Å². The van der Waals surface area contributed by atoms with E-state index in [0.717, 1.165) is 29.7 Å². The molecule has 1 aromatic heterocycles. The number of carbonyl (C=O) groups excluding carboxylic acids is 1. The Balaban J connectivity index is 2.55. The lowest BCUT2D eigenvalue weighted by molar-refractivity contribution is 0.0990. The maximum absolute atomic E-state index is 12.1. The highest BCUT2D eigenvalue weighted by Crippen LogP contribution is 2.30. The molecule has 140 valence electrons. The highest BCUT2D eigenvalue weighted by Gasteiger charge is 2.22. The van der Waals surface area contributed by atoms with E-state index in [1.807, 2.05) is 27.7 Å². The zero-order valence-electron chi connectivity index (χ0n) is 16.4. The fourth-order valence-electron chi connectivity index (χ4n) is 3.05. The van der Waals surface area contributed by atoms with Crippen molar-refractivity contribution >= 4 is 17.4 Å². The Kier molecular flexibility index (Phi) is 6.18. The predicted molar refractivity (Wildman–Crippen MR) is 104 cm³/mol. The smallest absolute Gasteiger partial charge is 0.258 e. The minimum absolute atomic E-state index is 0.0295. The summed E-state index contributed by atoms with van der Waals surface area (Å²) in [5.74, 6) is 0.515. The van der Waals surface area contributed by atoms with Gasteiger partial charge in [0.05, 0.1) is 6.10 Å². The van der Waals surface area contributed by atoms with Gasteiger partial charge in [-0.05, 0) is 51.7 Å². The summed E-state index contributed by atoms with van der Waals surface area (Å²) < 4.78 is 5.95. The van der Waals surface area contributed by atoms with Crippen LogP contribution in [0, 0.1) is 27.7 Å². The van der Waals surface area contributed by atoms with Crippen LogP contribution in [0.5, 0.6) is 5.88 Å². The quantitative estimate of drug-likeness (QED) is 0.779. The van der Waals surface area contributed by atoms with Crippen LogP contribution in [0.2, 0.25) is 0 Å². The van der Waals surface area contributed by atoms with Crippen LogP contribution in [-0.2, 0) is 0 Å². The Hall–Kier alpha value is -2.63. The molecule has 0 bridgehead atoms. The van der Waals surface area contributed by atoms with Crippen LogP contribution >= 0.6 is 0 Å². The molecule has 6 nitrogen and oxygen atoms in total. The summed E-state index contributed by atoms with van der Waals surface area (Å²) in [6.07, 6.45) is 1.60. The molecular weight excluding hydrogens is 328 g/mol. The third-order valence-electron chi connectivity index (χ3n) is 4.34. The van der Waals surface area contributed by atoms with Crippen molar-refractivity contribution in [2.75, 3.05) is 5.32 Å². The van der Waals surface area contributed by atoms with Crippen molar-refractivity contribution in [2.24, 2.45) is 5.73 Å². The second-order valence-corrected chi connectivity index (χ2v) is 6.62. The second-order valence-electron chi connectivity index (χ2n) is 6.62. The number of hydrogen-bond donors (Lipinski definition) is 2. The van der Waals surface area contributed by atoms with Gasteiger partial charge in [-0.3, -0.25) is 4.79 Å². The first-order valence-electron chi connectivity index (χ1n) is 8.96. The SMILES string of the molecule is CCC(CC)Oc1nc(C)nc(Nc2c(C)cc(C)cc2C)c1C(N)=O. The molecule has 26 heavy (non-hydrogen) atoms. The molecule has 3 N–H and O–H groups in total. The van der Waals surface area contributed by atoms with Crippen LogP contribution in [0.1, 0.15) is 59.6 Å². The third-order valence-corrected chi connectivity index (χ3v) is 4.34. The summed E-state index contributed by atoms with van der Waals surface area (Å²) in [7, 11) is 0. The molecule has 0 saturated carbocycles. The zero-order chi connectivity index (χ0) is 19.4. The van der Waals surface area contributed by atoms with Gasteiger partial charge in [-0.2, -0.15) is 4.98 Å². The summed E-state index contributed by atoms with van der Waals surface area (Å²) in [5, 5.41) is 3.28. The molecule has 2 aromatic rings. The number of hydrogen-bond acceptors (Lipinski definition) is 5. The molecule has 0 radical (unpaired) electrons. The van der Waals surface area contributed by atoms with E-state index in [4.69, 9.17) is 10.5 Å². The van der Waals surface area contributed by atoms with Gasteiger partial charge in [0.25, 0.3) is 5.91 Å². The first-order valence-corrected chi connectivity index (χ1v) is 8.96. The van der Waals surface area contributed by atoms with Crippen LogP contribution in [0.3, 0.4) is 0 Å². The Morgan fingerprint density at radius 3 is 2.19 bits per heavy atom. The van der Waals surface area contributed by atoms with Crippen molar-refractivity contribution in [3.05, 3.63) is 40.2 Å². The summed E-state index contributed by atoms with van der Waals surface area (Å²) in [6, 6.07) is 4.16. The van der Waals surface area contributed by atoms with E-state index in [9.17, 15) is 4.79 Å². The van der Waals surface area contributed by atoms with Crippen LogP contribution in [0.4, 0.5) is 11.5 Å². The van der Waals surface area contributed by atoms with E-state index < -0.39 is 5.91 Å². The van der Waals surface area contributed by atoms with E-state index in [-0.39, 0.29) is 17.5 Å². The number of nitrogens with zero attached hydrogens (tertiary/aromatic N) is 2. The normalized spacial score (nSPS) is 10.9. The molecule has 0 fully saturated rings. The molecule has 0 aliphatic carbocycles. The highest BCUT2D eigenvalue weighted by molar-refractivity contribution is 6.00. The molecule has 2 rings (SSSR count). The fraction of sp³-hybridized carbons (Fsp3) is 0.450. The van der Waals surface area contributed by atoms with Gasteiger partial charge in [-0.15, -0.1) is 0 Å². The number of benzene rings is 1. The summed E-state index contributed by atoms with van der Waals surface area (Å²) in [5.41, 5.74) is 10.0. The Labute approximate surface area is 155 Å². The van der Waals surface area contributed by atoms with Crippen molar-refractivity contribution in [1.82, 2.24) is 9.97 Å². The van der Waals surface area contributed by atoms with Gasteiger partial charge in [-0.1, -0.05) is 31.5 Å². The molecule has 1 amide bonds. The molecule has 0 aliphatic rings. The fourth-order valence-corrected chi connectivity index (χ4v) is 3.05. The number of nitrogens with one attached hydrogen (secondary N) is 1. The van der Waals surface area contributed by atoms with Gasteiger partial charge >= 0.3 is 0 Å². The molecule has 0 aliphatic heterocycles. The molecule has 0 saturated heterocycles. The molecule has 6 heteroatoms. The van der Waals surface area contributed by atoms with E-state index in [2.05, 4.69) is 34.3 Å². The van der Waals surface area contributed by atoms with Crippen LogP contribution < -0.4 is 15.8 Å². The minimum atomic E-state index is -0.615. The van der Waals surface area contributed by atoms with Crippen molar-refractivity contribution in [1.29, 1.82) is 0 Å². The maximum atomic E-state index is 12.1. The molecule has 1 heterocycles. The number of primary amides is 1. The standard InChI is InChI=1S/C20H28N4O2/c1-7-15(8-2)26-20-16(18(21)25)19(22-14(6)23-20)24-17-12(4)9-11(3)10-13(17)5/h9-10,15H,7-8H2,1-6H3,(H2,21,25)(H,22,23,24). The lowest BCUT2D eigenvalue weighted by atomic mass is 10.0. The number of nitrogens with two attached hydrogens (primary N) is 1. The number of aromatic nitrogens is 2. The Morgan fingerprint density at radius 1 is 1.12 bits per heavy atom. The monoisotopic (exact) mass is 356 g/mol. The first kappa shape index (κ1) is 19.7. The predicted octanol–water partition coefficient (Wildman–Crippen LogP) is 4.12. The zero-order valence-corrected chi connectivity index (χ0v) is 16.4. The Morgan fingerprint density at radius 2 is 1.69 bits per heavy atom. The van der Waals surface area contributed by atoms with Crippen LogP contribution in [0.25, 0.3) is 0 Å². The van der Waals surface area contributed by atoms with E-state index >= 15 is 0 Å². The van der Waals surface area contributed by atoms with Crippen LogP contribution in [0.15, 0.2) is 12.1 Å². The average Bonchev–Trinajstić information content (AvgIpc) is 2.55. The molecular formula is C20H28N4O2. The number of aryl methyl sites for hydroxylation is 4. The van der Waals surface area contributed by atoms with E-state index in [1.54, 1.807) is 6.92 Å². The van der Waals surface area contributed by atoms with Gasteiger partial charge in [0.1, 0.15) is 11.4 Å².